The van der Waals surface area contributed by atoms with Crippen LogP contribution in [0.4, 0.5) is 0 Å². The van der Waals surface area contributed by atoms with Gasteiger partial charge in [0.1, 0.15) is 0 Å². The Kier molecular flexibility index (Phi) is 2.69. The molecule has 0 radical (unpaired) electrons. The van der Waals surface area contributed by atoms with Crippen LogP contribution in [-0.2, 0) is 10.4 Å². The molecule has 120 valence electrons. The van der Waals surface area contributed by atoms with E-state index in [0.29, 0.717) is 29.7 Å². The van der Waals surface area contributed by atoms with Gasteiger partial charge in [-0.15, -0.1) is 0 Å². The molecule has 3 aliphatic carbocycles. The molecule has 3 aliphatic rings. The highest BCUT2D eigenvalue weighted by molar-refractivity contribution is 6.31. The van der Waals surface area contributed by atoms with Gasteiger partial charge in [0.2, 0.25) is 5.91 Å². The van der Waals surface area contributed by atoms with Crippen LogP contribution in [-0.4, -0.2) is 27.3 Å². The zero-order chi connectivity index (χ0) is 15.8. The van der Waals surface area contributed by atoms with E-state index in [0.717, 1.165) is 29.3 Å². The lowest BCUT2D eigenvalue weighted by molar-refractivity contribution is -0.122. The van der Waals surface area contributed by atoms with Crippen LogP contribution in [0, 0.1) is 17.8 Å². The van der Waals surface area contributed by atoms with Gasteiger partial charge in [0.15, 0.2) is 0 Å². The molecule has 1 amide bonds. The molecule has 3 N–H and O–H groups in total. The number of amides is 1. The molecule has 23 heavy (non-hydrogen) atoms. The molecule has 0 aliphatic heterocycles. The number of hydrogen-bond acceptors (Lipinski definition) is 3. The molecule has 2 aromatic rings. The molecule has 0 saturated heterocycles. The van der Waals surface area contributed by atoms with Crippen LogP contribution in [0.15, 0.2) is 18.3 Å². The number of nitrogens with one attached hydrogen (secondary N) is 2. The summed E-state index contributed by atoms with van der Waals surface area (Å²) in [5.41, 5.74) is 0.806. The number of fused-ring (bicyclic) bond motifs is 2. The van der Waals surface area contributed by atoms with Gasteiger partial charge in [-0.05, 0) is 49.7 Å². The minimum Gasteiger partial charge on any atom is -0.385 e. The van der Waals surface area contributed by atoms with Crippen LogP contribution in [0.3, 0.4) is 0 Å². The maximum Gasteiger partial charge on any atom is 0.223 e. The van der Waals surface area contributed by atoms with Crippen molar-refractivity contribution in [1.29, 1.82) is 0 Å². The summed E-state index contributed by atoms with van der Waals surface area (Å²) < 4.78 is 0. The fourth-order valence-electron chi connectivity index (χ4n) is 4.31. The zero-order valence-corrected chi connectivity index (χ0v) is 13.3. The van der Waals surface area contributed by atoms with E-state index in [1.54, 1.807) is 6.20 Å². The average molecular weight is 332 g/mol. The van der Waals surface area contributed by atoms with Gasteiger partial charge >= 0.3 is 0 Å². The number of H-pyrrole nitrogens is 1. The maximum absolute atomic E-state index is 11.9. The van der Waals surface area contributed by atoms with Gasteiger partial charge in [0, 0.05) is 27.9 Å². The lowest BCUT2D eigenvalue weighted by atomic mass is 9.87. The molecule has 3 fully saturated rings. The van der Waals surface area contributed by atoms with Crippen molar-refractivity contribution >= 4 is 28.4 Å². The predicted octanol–water partition coefficient (Wildman–Crippen LogP) is 2.34. The van der Waals surface area contributed by atoms with Gasteiger partial charge in [-0.3, -0.25) is 9.89 Å². The summed E-state index contributed by atoms with van der Waals surface area (Å²) in [5.74, 6) is 1.19. The highest BCUT2D eigenvalue weighted by Crippen LogP contribution is 2.60. The SMILES string of the molecule is O=C(NC1C2CC(O)(c3cc(Cl)cc4cn[nH]c34)CC21)C1CC1. The highest BCUT2D eigenvalue weighted by atomic mass is 35.5. The first-order valence-electron chi connectivity index (χ1n) is 8.21. The molecule has 1 aromatic carbocycles. The molecule has 2 unspecified atom stereocenters. The molecule has 3 saturated carbocycles. The van der Waals surface area contributed by atoms with E-state index < -0.39 is 5.60 Å². The van der Waals surface area contributed by atoms with Gasteiger partial charge in [0.05, 0.1) is 17.3 Å². The second-order valence-corrected chi connectivity index (χ2v) is 7.80. The number of hydrogen-bond donors (Lipinski definition) is 3. The van der Waals surface area contributed by atoms with Crippen molar-refractivity contribution in [3.8, 4) is 0 Å². The maximum atomic E-state index is 11.9. The zero-order valence-electron chi connectivity index (χ0n) is 12.6. The predicted molar refractivity (Wildman–Crippen MR) is 85.9 cm³/mol. The monoisotopic (exact) mass is 331 g/mol. The molecule has 1 heterocycles. The van der Waals surface area contributed by atoms with Crippen molar-refractivity contribution in [1.82, 2.24) is 15.5 Å². The van der Waals surface area contributed by atoms with E-state index in [2.05, 4.69) is 15.5 Å². The third-order valence-corrected chi connectivity index (χ3v) is 5.97. The van der Waals surface area contributed by atoms with Crippen LogP contribution < -0.4 is 5.32 Å². The number of carbonyl (C=O) groups is 1. The Bertz CT molecular complexity index is 801. The lowest BCUT2D eigenvalue weighted by Crippen LogP contribution is -2.34. The van der Waals surface area contributed by atoms with Crippen molar-refractivity contribution in [2.24, 2.45) is 17.8 Å². The second-order valence-electron chi connectivity index (χ2n) is 7.36. The summed E-state index contributed by atoms with van der Waals surface area (Å²) in [4.78, 5) is 11.9. The number of rotatable bonds is 3. The Balaban J connectivity index is 1.38. The van der Waals surface area contributed by atoms with E-state index in [4.69, 9.17) is 11.6 Å². The molecule has 5 nitrogen and oxygen atoms in total. The van der Waals surface area contributed by atoms with E-state index >= 15 is 0 Å². The van der Waals surface area contributed by atoms with E-state index in [9.17, 15) is 9.90 Å². The van der Waals surface area contributed by atoms with Gasteiger partial charge in [0.25, 0.3) is 0 Å². The fourth-order valence-corrected chi connectivity index (χ4v) is 4.54. The third-order valence-electron chi connectivity index (χ3n) is 5.75. The molecule has 0 bridgehead atoms. The van der Waals surface area contributed by atoms with Gasteiger partial charge in [-0.2, -0.15) is 5.10 Å². The van der Waals surface area contributed by atoms with Crippen LogP contribution in [0.2, 0.25) is 5.02 Å². The summed E-state index contributed by atoms with van der Waals surface area (Å²) in [6, 6.07) is 3.94. The Morgan fingerprint density at radius 2 is 2.09 bits per heavy atom. The van der Waals surface area contributed by atoms with Gasteiger partial charge in [-0.25, -0.2) is 0 Å². The number of nitrogens with zero attached hydrogens (tertiary/aromatic N) is 1. The molecular formula is C17H18ClN3O2. The quantitative estimate of drug-likeness (QED) is 0.807. The highest BCUT2D eigenvalue weighted by Gasteiger charge is 2.62. The van der Waals surface area contributed by atoms with E-state index in [1.807, 2.05) is 12.1 Å². The third kappa shape index (κ3) is 2.10. The smallest absolute Gasteiger partial charge is 0.223 e. The first-order valence-corrected chi connectivity index (χ1v) is 8.59. The van der Waals surface area contributed by atoms with Gasteiger partial charge in [-0.1, -0.05) is 11.6 Å². The molecule has 0 spiro atoms. The minimum absolute atomic E-state index is 0.201. The topological polar surface area (TPSA) is 78.0 Å². The summed E-state index contributed by atoms with van der Waals surface area (Å²) in [6.45, 7) is 0. The molecule has 5 rings (SSSR count). The number of carbonyl (C=O) groups excluding carboxylic acids is 1. The first-order chi connectivity index (χ1) is 11.0. The van der Waals surface area contributed by atoms with Crippen LogP contribution in [0.1, 0.15) is 31.2 Å². The summed E-state index contributed by atoms with van der Waals surface area (Å²) in [5, 5.41) is 22.9. The number of aromatic amines is 1. The van der Waals surface area contributed by atoms with E-state index in [-0.39, 0.29) is 17.9 Å². The first kappa shape index (κ1) is 13.8. The Labute approximate surface area is 138 Å². The van der Waals surface area contributed by atoms with Crippen LogP contribution in [0.5, 0.6) is 0 Å². The average Bonchev–Trinajstić information content (AvgIpc) is 3.36. The van der Waals surface area contributed by atoms with Crippen molar-refractivity contribution in [3.63, 3.8) is 0 Å². The summed E-state index contributed by atoms with van der Waals surface area (Å²) in [7, 11) is 0. The summed E-state index contributed by atoms with van der Waals surface area (Å²) >= 11 is 6.20. The molecular weight excluding hydrogens is 314 g/mol. The number of aliphatic hydroxyl groups is 1. The summed E-state index contributed by atoms with van der Waals surface area (Å²) in [6.07, 6.45) is 5.11. The van der Waals surface area contributed by atoms with E-state index in [1.165, 1.54) is 0 Å². The van der Waals surface area contributed by atoms with Crippen molar-refractivity contribution in [3.05, 3.63) is 28.9 Å². The Morgan fingerprint density at radius 1 is 1.35 bits per heavy atom. The standard InChI is InChI=1S/C17H18ClN3O2/c18-10-3-9-7-19-21-14(9)13(4-10)17(23)5-11-12(6-17)15(11)20-16(22)8-1-2-8/h3-4,7-8,11-12,15,23H,1-2,5-6H2,(H,19,21)(H,20,22). The largest absolute Gasteiger partial charge is 0.385 e. The minimum atomic E-state index is -0.883. The lowest BCUT2D eigenvalue weighted by Gasteiger charge is -2.27. The number of aromatic nitrogens is 2. The molecule has 1 aromatic heterocycles. The van der Waals surface area contributed by atoms with Gasteiger partial charge < -0.3 is 10.4 Å². The number of halogens is 1. The normalized spacial score (nSPS) is 35.3. The van der Waals surface area contributed by atoms with Crippen molar-refractivity contribution in [2.45, 2.75) is 37.3 Å². The Hall–Kier alpha value is -1.59. The Morgan fingerprint density at radius 3 is 2.78 bits per heavy atom. The second kappa shape index (κ2) is 4.48. The molecule has 6 heteroatoms. The van der Waals surface area contributed by atoms with Crippen molar-refractivity contribution < 1.29 is 9.90 Å². The fraction of sp³-hybridized carbons (Fsp3) is 0.529. The number of benzene rings is 1. The van der Waals surface area contributed by atoms with Crippen LogP contribution in [0.25, 0.3) is 10.9 Å². The molecule has 2 atom stereocenters. The van der Waals surface area contributed by atoms with Crippen LogP contribution >= 0.6 is 11.6 Å². The van der Waals surface area contributed by atoms with Crippen molar-refractivity contribution in [2.75, 3.05) is 0 Å².